The first-order chi connectivity index (χ1) is 8.29. The fraction of sp³-hybridized carbons (Fsp3) is 0.769. The van der Waals surface area contributed by atoms with Gasteiger partial charge in [-0.3, -0.25) is 4.90 Å². The molecule has 96 valence electrons. The number of hydrogen-bond donors (Lipinski definition) is 1. The van der Waals surface area contributed by atoms with Gasteiger partial charge >= 0.3 is 0 Å². The lowest BCUT2D eigenvalue weighted by atomic mass is 10.2. The van der Waals surface area contributed by atoms with Gasteiger partial charge in [0, 0.05) is 24.5 Å². The van der Waals surface area contributed by atoms with E-state index in [1.807, 2.05) is 0 Å². The average Bonchev–Trinajstić information content (AvgIpc) is 2.90. The van der Waals surface area contributed by atoms with Crippen LogP contribution in [0.2, 0.25) is 0 Å². The van der Waals surface area contributed by atoms with E-state index in [9.17, 15) is 0 Å². The molecule has 0 amide bonds. The maximum Gasteiger partial charge on any atom is 0.0897 e. The second-order valence-corrected chi connectivity index (χ2v) is 5.89. The van der Waals surface area contributed by atoms with Crippen molar-refractivity contribution in [1.29, 1.82) is 0 Å². The Kier molecular flexibility index (Phi) is 4.95. The third kappa shape index (κ3) is 3.76. The van der Waals surface area contributed by atoms with Crippen LogP contribution in [-0.2, 0) is 6.54 Å². The SMILES string of the molecule is CCCNCC1CCCN1Cc1csc(C)n1. The molecule has 0 saturated carbocycles. The molecule has 1 aliphatic heterocycles. The first kappa shape index (κ1) is 13.0. The summed E-state index contributed by atoms with van der Waals surface area (Å²) in [6, 6.07) is 0.712. The van der Waals surface area contributed by atoms with Crippen molar-refractivity contribution in [1.82, 2.24) is 15.2 Å². The van der Waals surface area contributed by atoms with Crippen molar-refractivity contribution in [3.8, 4) is 0 Å². The second-order valence-electron chi connectivity index (χ2n) is 4.83. The normalized spacial score (nSPS) is 21.2. The van der Waals surface area contributed by atoms with Gasteiger partial charge in [-0.05, 0) is 39.3 Å². The molecule has 1 aliphatic rings. The number of aryl methyl sites for hydroxylation is 1. The molecule has 0 bridgehead atoms. The third-order valence-electron chi connectivity index (χ3n) is 3.34. The van der Waals surface area contributed by atoms with E-state index in [4.69, 9.17) is 0 Å². The summed E-state index contributed by atoms with van der Waals surface area (Å²) in [5.41, 5.74) is 1.25. The van der Waals surface area contributed by atoms with Crippen LogP contribution < -0.4 is 5.32 Å². The Morgan fingerprint density at radius 1 is 1.59 bits per heavy atom. The van der Waals surface area contributed by atoms with Crippen LogP contribution in [0.15, 0.2) is 5.38 Å². The number of rotatable bonds is 6. The van der Waals surface area contributed by atoms with E-state index in [0.29, 0.717) is 6.04 Å². The highest BCUT2D eigenvalue weighted by molar-refractivity contribution is 7.09. The van der Waals surface area contributed by atoms with Crippen molar-refractivity contribution in [2.24, 2.45) is 0 Å². The van der Waals surface area contributed by atoms with Crippen LogP contribution in [0.3, 0.4) is 0 Å². The zero-order valence-electron chi connectivity index (χ0n) is 10.9. The highest BCUT2D eigenvalue weighted by Crippen LogP contribution is 2.20. The van der Waals surface area contributed by atoms with Crippen molar-refractivity contribution >= 4 is 11.3 Å². The van der Waals surface area contributed by atoms with Crippen molar-refractivity contribution < 1.29 is 0 Å². The van der Waals surface area contributed by atoms with Crippen molar-refractivity contribution in [2.75, 3.05) is 19.6 Å². The number of likely N-dealkylation sites (tertiary alicyclic amines) is 1. The van der Waals surface area contributed by atoms with E-state index in [-0.39, 0.29) is 0 Å². The Bertz CT molecular complexity index is 337. The Morgan fingerprint density at radius 2 is 2.47 bits per heavy atom. The van der Waals surface area contributed by atoms with Crippen LogP contribution in [-0.4, -0.2) is 35.6 Å². The average molecular weight is 253 g/mol. The molecule has 17 heavy (non-hydrogen) atoms. The molecule has 2 rings (SSSR count). The minimum Gasteiger partial charge on any atom is -0.315 e. The first-order valence-corrected chi connectivity index (χ1v) is 7.53. The third-order valence-corrected chi connectivity index (χ3v) is 4.16. The van der Waals surface area contributed by atoms with Gasteiger partial charge in [-0.1, -0.05) is 6.92 Å². The molecule has 1 N–H and O–H groups in total. The zero-order valence-corrected chi connectivity index (χ0v) is 11.7. The summed E-state index contributed by atoms with van der Waals surface area (Å²) in [7, 11) is 0. The molecule has 0 spiro atoms. The van der Waals surface area contributed by atoms with Crippen molar-refractivity contribution in [3.05, 3.63) is 16.1 Å². The summed E-state index contributed by atoms with van der Waals surface area (Å²) in [4.78, 5) is 7.14. The van der Waals surface area contributed by atoms with Gasteiger partial charge in [0.25, 0.3) is 0 Å². The lowest BCUT2D eigenvalue weighted by Gasteiger charge is -2.23. The van der Waals surface area contributed by atoms with E-state index in [1.54, 1.807) is 11.3 Å². The number of nitrogens with one attached hydrogen (secondary N) is 1. The van der Waals surface area contributed by atoms with Gasteiger partial charge in [0.15, 0.2) is 0 Å². The molecule has 3 nitrogen and oxygen atoms in total. The Morgan fingerprint density at radius 3 is 3.18 bits per heavy atom. The summed E-state index contributed by atoms with van der Waals surface area (Å²) in [6.45, 7) is 8.84. The van der Waals surface area contributed by atoms with E-state index >= 15 is 0 Å². The number of nitrogens with zero attached hydrogens (tertiary/aromatic N) is 2. The fourth-order valence-corrected chi connectivity index (χ4v) is 3.07. The minimum absolute atomic E-state index is 0.712. The fourth-order valence-electron chi connectivity index (χ4n) is 2.47. The summed E-state index contributed by atoms with van der Waals surface area (Å²) in [6.07, 6.45) is 3.89. The summed E-state index contributed by atoms with van der Waals surface area (Å²) in [5, 5.41) is 6.92. The van der Waals surface area contributed by atoms with Crippen molar-refractivity contribution in [3.63, 3.8) is 0 Å². The van der Waals surface area contributed by atoms with Crippen LogP contribution in [0.5, 0.6) is 0 Å². The van der Waals surface area contributed by atoms with E-state index in [0.717, 1.165) is 19.6 Å². The summed E-state index contributed by atoms with van der Waals surface area (Å²) >= 11 is 1.76. The molecule has 1 saturated heterocycles. The highest BCUT2D eigenvalue weighted by atomic mass is 32.1. The molecule has 1 aromatic heterocycles. The predicted molar refractivity (Wildman–Crippen MR) is 73.4 cm³/mol. The predicted octanol–water partition coefficient (Wildman–Crippen LogP) is 2.42. The minimum atomic E-state index is 0.712. The molecule has 1 atom stereocenters. The Balaban J connectivity index is 1.82. The van der Waals surface area contributed by atoms with Crippen LogP contribution in [0.25, 0.3) is 0 Å². The molecule has 0 aromatic carbocycles. The quantitative estimate of drug-likeness (QED) is 0.789. The summed E-state index contributed by atoms with van der Waals surface area (Å²) < 4.78 is 0. The molecule has 4 heteroatoms. The molecular formula is C13H23N3S. The molecule has 1 fully saturated rings. The lowest BCUT2D eigenvalue weighted by Crippen LogP contribution is -2.37. The van der Waals surface area contributed by atoms with E-state index in [2.05, 4.69) is 34.4 Å². The van der Waals surface area contributed by atoms with Gasteiger partial charge in [-0.2, -0.15) is 0 Å². The van der Waals surface area contributed by atoms with Crippen LogP contribution in [0.1, 0.15) is 36.9 Å². The van der Waals surface area contributed by atoms with Gasteiger partial charge in [0.05, 0.1) is 10.7 Å². The molecule has 1 unspecified atom stereocenters. The van der Waals surface area contributed by atoms with Gasteiger partial charge < -0.3 is 5.32 Å². The topological polar surface area (TPSA) is 28.2 Å². The first-order valence-electron chi connectivity index (χ1n) is 6.65. The number of aromatic nitrogens is 1. The highest BCUT2D eigenvalue weighted by Gasteiger charge is 2.24. The maximum atomic E-state index is 4.56. The lowest BCUT2D eigenvalue weighted by molar-refractivity contribution is 0.237. The molecular weight excluding hydrogens is 230 g/mol. The van der Waals surface area contributed by atoms with Gasteiger partial charge in [-0.25, -0.2) is 4.98 Å². The van der Waals surface area contributed by atoms with Crippen LogP contribution >= 0.6 is 11.3 Å². The number of thiazole rings is 1. The monoisotopic (exact) mass is 253 g/mol. The second kappa shape index (κ2) is 6.47. The largest absolute Gasteiger partial charge is 0.315 e. The van der Waals surface area contributed by atoms with Crippen LogP contribution in [0.4, 0.5) is 0 Å². The maximum absolute atomic E-state index is 4.56. The van der Waals surface area contributed by atoms with Crippen molar-refractivity contribution in [2.45, 2.75) is 45.7 Å². The molecule has 0 radical (unpaired) electrons. The number of hydrogen-bond acceptors (Lipinski definition) is 4. The van der Waals surface area contributed by atoms with Crippen LogP contribution in [0, 0.1) is 6.92 Å². The van der Waals surface area contributed by atoms with Gasteiger partial charge in [-0.15, -0.1) is 11.3 Å². The Hall–Kier alpha value is -0.450. The zero-order chi connectivity index (χ0) is 12.1. The van der Waals surface area contributed by atoms with E-state index < -0.39 is 0 Å². The van der Waals surface area contributed by atoms with E-state index in [1.165, 1.54) is 36.5 Å². The molecule has 2 heterocycles. The standard InChI is InChI=1S/C13H23N3S/c1-3-6-14-8-13-5-4-7-16(13)9-12-10-17-11(2)15-12/h10,13-14H,3-9H2,1-2H3. The molecule has 1 aromatic rings. The summed E-state index contributed by atoms with van der Waals surface area (Å²) in [5.74, 6) is 0. The van der Waals surface area contributed by atoms with Gasteiger partial charge in [0.2, 0.25) is 0 Å². The molecule has 0 aliphatic carbocycles. The Labute approximate surface area is 108 Å². The van der Waals surface area contributed by atoms with Gasteiger partial charge in [0.1, 0.15) is 0 Å². The smallest absolute Gasteiger partial charge is 0.0897 e.